The molecule has 0 amide bonds. The first kappa shape index (κ1) is 14.7. The Bertz CT molecular complexity index is 577. The number of aliphatic hydroxyl groups excluding tert-OH is 1. The zero-order valence-corrected chi connectivity index (χ0v) is 13.2. The fraction of sp³-hybridized carbons (Fsp3) is 0.471. The zero-order chi connectivity index (χ0) is 14.7. The molecule has 0 bridgehead atoms. The maximum atomic E-state index is 10.6. The molecule has 1 atom stereocenters. The SMILES string of the molecule is CCc1nc(CNCC2(C(O)c3ccccc3)CC2)cs1. The van der Waals surface area contributed by atoms with Crippen molar-refractivity contribution in [3.8, 4) is 0 Å². The van der Waals surface area contributed by atoms with E-state index in [9.17, 15) is 5.11 Å². The van der Waals surface area contributed by atoms with Crippen LogP contribution in [0.4, 0.5) is 0 Å². The van der Waals surface area contributed by atoms with Crippen LogP contribution in [-0.2, 0) is 13.0 Å². The van der Waals surface area contributed by atoms with Crippen LogP contribution in [0.3, 0.4) is 0 Å². The molecule has 2 aromatic rings. The Morgan fingerprint density at radius 2 is 2.10 bits per heavy atom. The number of nitrogens with zero attached hydrogens (tertiary/aromatic N) is 1. The molecule has 0 spiro atoms. The van der Waals surface area contributed by atoms with Crippen molar-refractivity contribution in [2.24, 2.45) is 5.41 Å². The number of thiazole rings is 1. The first-order chi connectivity index (χ1) is 10.2. The Balaban J connectivity index is 1.55. The van der Waals surface area contributed by atoms with Gasteiger partial charge in [0.15, 0.2) is 0 Å². The summed E-state index contributed by atoms with van der Waals surface area (Å²) in [4.78, 5) is 4.57. The van der Waals surface area contributed by atoms with Gasteiger partial charge in [0, 0.05) is 23.9 Å². The first-order valence-corrected chi connectivity index (χ1v) is 8.48. The first-order valence-electron chi connectivity index (χ1n) is 7.60. The van der Waals surface area contributed by atoms with E-state index in [2.05, 4.69) is 22.6 Å². The van der Waals surface area contributed by atoms with Gasteiger partial charge < -0.3 is 10.4 Å². The van der Waals surface area contributed by atoms with Crippen LogP contribution in [0.5, 0.6) is 0 Å². The maximum absolute atomic E-state index is 10.6. The molecule has 3 nitrogen and oxygen atoms in total. The average molecular weight is 302 g/mol. The Morgan fingerprint density at radius 3 is 2.71 bits per heavy atom. The summed E-state index contributed by atoms with van der Waals surface area (Å²) in [6.45, 7) is 3.77. The van der Waals surface area contributed by atoms with Crippen LogP contribution in [0.25, 0.3) is 0 Å². The summed E-state index contributed by atoms with van der Waals surface area (Å²) in [6.07, 6.45) is 2.81. The summed E-state index contributed by atoms with van der Waals surface area (Å²) in [6, 6.07) is 9.99. The highest BCUT2D eigenvalue weighted by atomic mass is 32.1. The summed E-state index contributed by atoms with van der Waals surface area (Å²) < 4.78 is 0. The van der Waals surface area contributed by atoms with Gasteiger partial charge in [-0.25, -0.2) is 4.98 Å². The van der Waals surface area contributed by atoms with E-state index in [4.69, 9.17) is 0 Å². The molecule has 0 saturated heterocycles. The van der Waals surface area contributed by atoms with Gasteiger partial charge in [0.2, 0.25) is 0 Å². The van der Waals surface area contributed by atoms with Gasteiger partial charge in [-0.15, -0.1) is 11.3 Å². The topological polar surface area (TPSA) is 45.2 Å². The normalized spacial score (nSPS) is 17.6. The quantitative estimate of drug-likeness (QED) is 0.825. The summed E-state index contributed by atoms with van der Waals surface area (Å²) in [7, 11) is 0. The third kappa shape index (κ3) is 3.34. The number of hydrogen-bond donors (Lipinski definition) is 2. The molecule has 0 aliphatic heterocycles. The van der Waals surface area contributed by atoms with E-state index < -0.39 is 0 Å². The molecule has 3 rings (SSSR count). The van der Waals surface area contributed by atoms with E-state index in [1.54, 1.807) is 11.3 Å². The molecule has 112 valence electrons. The second-order valence-electron chi connectivity index (χ2n) is 5.87. The molecule has 1 aliphatic rings. The van der Waals surface area contributed by atoms with E-state index in [-0.39, 0.29) is 11.5 Å². The Hall–Kier alpha value is -1.23. The number of aromatic nitrogens is 1. The highest BCUT2D eigenvalue weighted by molar-refractivity contribution is 7.09. The van der Waals surface area contributed by atoms with E-state index >= 15 is 0 Å². The lowest BCUT2D eigenvalue weighted by molar-refractivity contribution is 0.0917. The molecule has 0 radical (unpaired) electrons. The molecule has 1 saturated carbocycles. The molecule has 1 heterocycles. The van der Waals surface area contributed by atoms with Crippen LogP contribution in [0.1, 0.15) is 42.1 Å². The summed E-state index contributed by atoms with van der Waals surface area (Å²) in [5.41, 5.74) is 2.16. The summed E-state index contributed by atoms with van der Waals surface area (Å²) in [5.74, 6) is 0. The van der Waals surface area contributed by atoms with Gasteiger partial charge in [-0.1, -0.05) is 37.3 Å². The van der Waals surface area contributed by atoms with Crippen LogP contribution in [0.2, 0.25) is 0 Å². The van der Waals surface area contributed by atoms with Crippen LogP contribution >= 0.6 is 11.3 Å². The van der Waals surface area contributed by atoms with Crippen LogP contribution in [-0.4, -0.2) is 16.6 Å². The van der Waals surface area contributed by atoms with Gasteiger partial charge in [0.05, 0.1) is 16.8 Å². The van der Waals surface area contributed by atoms with Gasteiger partial charge in [0.25, 0.3) is 0 Å². The molecule has 1 fully saturated rings. The van der Waals surface area contributed by atoms with E-state index in [1.807, 2.05) is 30.3 Å². The highest BCUT2D eigenvalue weighted by Gasteiger charge is 2.48. The monoisotopic (exact) mass is 302 g/mol. The molecule has 1 aromatic carbocycles. The fourth-order valence-electron chi connectivity index (χ4n) is 2.73. The Kier molecular flexibility index (Phi) is 4.38. The lowest BCUT2D eigenvalue weighted by Crippen LogP contribution is -2.28. The van der Waals surface area contributed by atoms with Crippen molar-refractivity contribution in [3.05, 3.63) is 52.0 Å². The third-order valence-corrected chi connectivity index (χ3v) is 5.31. The molecule has 1 unspecified atom stereocenters. The van der Waals surface area contributed by atoms with Gasteiger partial charge in [-0.05, 0) is 24.8 Å². The van der Waals surface area contributed by atoms with Crippen molar-refractivity contribution in [2.45, 2.75) is 38.8 Å². The predicted molar refractivity (Wildman–Crippen MR) is 86.3 cm³/mol. The molecule has 1 aliphatic carbocycles. The van der Waals surface area contributed by atoms with Crippen LogP contribution in [0.15, 0.2) is 35.7 Å². The van der Waals surface area contributed by atoms with Crippen molar-refractivity contribution in [3.63, 3.8) is 0 Å². The van der Waals surface area contributed by atoms with E-state index in [1.165, 1.54) is 5.01 Å². The fourth-order valence-corrected chi connectivity index (χ4v) is 3.47. The smallest absolute Gasteiger partial charge is 0.0926 e. The molecule has 4 heteroatoms. The molecule has 21 heavy (non-hydrogen) atoms. The molecular formula is C17H22N2OS. The second kappa shape index (κ2) is 6.26. The van der Waals surface area contributed by atoms with Gasteiger partial charge in [-0.2, -0.15) is 0 Å². The number of benzene rings is 1. The third-order valence-electron chi connectivity index (χ3n) is 4.27. The Morgan fingerprint density at radius 1 is 1.33 bits per heavy atom. The lowest BCUT2D eigenvalue weighted by Gasteiger charge is -2.23. The average Bonchev–Trinajstić information content (AvgIpc) is 3.18. The minimum absolute atomic E-state index is 0.0188. The lowest BCUT2D eigenvalue weighted by atomic mass is 9.92. The van der Waals surface area contributed by atoms with Crippen LogP contribution in [0, 0.1) is 5.41 Å². The van der Waals surface area contributed by atoms with Gasteiger partial charge >= 0.3 is 0 Å². The van der Waals surface area contributed by atoms with Crippen molar-refractivity contribution >= 4 is 11.3 Å². The van der Waals surface area contributed by atoms with Crippen LogP contribution < -0.4 is 5.32 Å². The standard InChI is InChI=1S/C17H22N2OS/c1-2-15-19-14(11-21-15)10-18-12-17(8-9-17)16(20)13-6-4-3-5-7-13/h3-7,11,16,18,20H,2,8-10,12H2,1H3. The second-order valence-corrected chi connectivity index (χ2v) is 6.81. The zero-order valence-electron chi connectivity index (χ0n) is 12.4. The minimum atomic E-state index is -0.368. The van der Waals surface area contributed by atoms with Gasteiger partial charge in [0.1, 0.15) is 0 Å². The summed E-state index contributed by atoms with van der Waals surface area (Å²) in [5, 5.41) is 17.4. The number of nitrogens with one attached hydrogen (secondary N) is 1. The number of aliphatic hydroxyl groups is 1. The van der Waals surface area contributed by atoms with E-state index in [0.717, 1.165) is 43.6 Å². The van der Waals surface area contributed by atoms with Crippen molar-refractivity contribution in [2.75, 3.05) is 6.54 Å². The van der Waals surface area contributed by atoms with Crippen molar-refractivity contribution in [1.29, 1.82) is 0 Å². The Labute approximate surface area is 130 Å². The maximum Gasteiger partial charge on any atom is 0.0926 e. The molecular weight excluding hydrogens is 280 g/mol. The van der Waals surface area contributed by atoms with Gasteiger partial charge in [-0.3, -0.25) is 0 Å². The summed E-state index contributed by atoms with van der Waals surface area (Å²) >= 11 is 1.73. The number of hydrogen-bond acceptors (Lipinski definition) is 4. The van der Waals surface area contributed by atoms with Crippen molar-refractivity contribution in [1.82, 2.24) is 10.3 Å². The van der Waals surface area contributed by atoms with Crippen molar-refractivity contribution < 1.29 is 5.11 Å². The molecule has 2 N–H and O–H groups in total. The minimum Gasteiger partial charge on any atom is -0.388 e. The largest absolute Gasteiger partial charge is 0.388 e. The predicted octanol–water partition coefficient (Wildman–Crippen LogP) is 3.31. The number of rotatable bonds is 7. The highest BCUT2D eigenvalue weighted by Crippen LogP contribution is 2.54. The number of aryl methyl sites for hydroxylation is 1. The van der Waals surface area contributed by atoms with E-state index in [0.29, 0.717) is 0 Å². The molecule has 1 aromatic heterocycles.